The van der Waals surface area contributed by atoms with Crippen LogP contribution < -0.4 is 0 Å². The largest absolute Gasteiger partial charge is 0.433 e. The van der Waals surface area contributed by atoms with Gasteiger partial charge in [0.15, 0.2) is 5.76 Å². The highest BCUT2D eigenvalue weighted by Crippen LogP contribution is 2.34. The Bertz CT molecular complexity index is 873. The number of sulfone groups is 1. The van der Waals surface area contributed by atoms with Crippen molar-refractivity contribution >= 4 is 61.5 Å². The van der Waals surface area contributed by atoms with Crippen molar-refractivity contribution in [3.8, 4) is 0 Å². The molecule has 0 saturated heterocycles. The van der Waals surface area contributed by atoms with E-state index in [4.69, 9.17) is 39.2 Å². The van der Waals surface area contributed by atoms with Crippen LogP contribution in [0.25, 0.3) is 11.0 Å². The first kappa shape index (κ1) is 17.8. The molecule has 0 aliphatic carbocycles. The standard InChI is InChI=1S/C13H8Cl3NO5S/c14-9-4-2-1-3-8(9)7-11(23(20,21)13(15)16)10-5-6-12(22-10)17(18)19/h1-7,13H/b11-7+. The molecule has 1 aromatic carbocycles. The molecule has 0 aliphatic heterocycles. The van der Waals surface area contributed by atoms with Gasteiger partial charge in [0.05, 0.1) is 6.07 Å². The van der Waals surface area contributed by atoms with E-state index < -0.39 is 29.7 Å². The summed E-state index contributed by atoms with van der Waals surface area (Å²) in [6, 6.07) is 8.61. The molecule has 0 amide bonds. The van der Waals surface area contributed by atoms with Crippen LogP contribution in [0.15, 0.2) is 40.8 Å². The summed E-state index contributed by atoms with van der Waals surface area (Å²) in [7, 11) is -4.20. The molecule has 0 fully saturated rings. The van der Waals surface area contributed by atoms with Gasteiger partial charge >= 0.3 is 5.88 Å². The van der Waals surface area contributed by atoms with Crippen molar-refractivity contribution < 1.29 is 17.8 Å². The van der Waals surface area contributed by atoms with Gasteiger partial charge in [0.25, 0.3) is 0 Å². The Morgan fingerprint density at radius 2 is 1.87 bits per heavy atom. The van der Waals surface area contributed by atoms with Crippen LogP contribution in [0.4, 0.5) is 5.88 Å². The zero-order valence-electron chi connectivity index (χ0n) is 11.1. The molecule has 0 spiro atoms. The smallest absolute Gasteiger partial charge is 0.400 e. The summed E-state index contributed by atoms with van der Waals surface area (Å²) in [4.78, 5) is 9.50. The number of hydrogen-bond acceptors (Lipinski definition) is 5. The Balaban J connectivity index is 2.66. The molecule has 0 bridgehead atoms. The van der Waals surface area contributed by atoms with Crippen LogP contribution in [-0.2, 0) is 9.84 Å². The highest BCUT2D eigenvalue weighted by molar-refractivity contribution is 8.03. The molecule has 0 unspecified atom stereocenters. The van der Waals surface area contributed by atoms with Crippen molar-refractivity contribution in [2.75, 3.05) is 0 Å². The van der Waals surface area contributed by atoms with Crippen LogP contribution >= 0.6 is 34.8 Å². The molecule has 2 rings (SSSR count). The van der Waals surface area contributed by atoms with Crippen molar-refractivity contribution in [1.29, 1.82) is 0 Å². The molecule has 23 heavy (non-hydrogen) atoms. The molecule has 1 aromatic heterocycles. The fourth-order valence-corrected chi connectivity index (χ4v) is 3.32. The number of benzene rings is 1. The summed E-state index contributed by atoms with van der Waals surface area (Å²) in [5.74, 6) is -0.871. The van der Waals surface area contributed by atoms with Gasteiger partial charge in [-0.1, -0.05) is 53.0 Å². The first-order chi connectivity index (χ1) is 10.7. The summed E-state index contributed by atoms with van der Waals surface area (Å²) in [6.45, 7) is 0. The van der Waals surface area contributed by atoms with E-state index >= 15 is 0 Å². The molecule has 0 atom stereocenters. The average molecular weight is 397 g/mol. The topological polar surface area (TPSA) is 90.4 Å². The Hall–Kier alpha value is -1.54. The predicted octanol–water partition coefficient (Wildman–Crippen LogP) is 4.52. The number of rotatable bonds is 5. The van der Waals surface area contributed by atoms with Crippen molar-refractivity contribution in [3.63, 3.8) is 0 Å². The minimum absolute atomic E-state index is 0.261. The van der Waals surface area contributed by atoms with Gasteiger partial charge in [0.2, 0.25) is 14.0 Å². The lowest BCUT2D eigenvalue weighted by atomic mass is 10.2. The van der Waals surface area contributed by atoms with Gasteiger partial charge < -0.3 is 4.42 Å². The first-order valence-corrected chi connectivity index (χ1v) is 8.76. The molecule has 0 N–H and O–H groups in total. The van der Waals surface area contributed by atoms with E-state index in [2.05, 4.69) is 0 Å². The molecule has 6 nitrogen and oxygen atoms in total. The average Bonchev–Trinajstić information content (AvgIpc) is 2.95. The van der Waals surface area contributed by atoms with E-state index in [1.807, 2.05) is 0 Å². The van der Waals surface area contributed by atoms with E-state index in [1.165, 1.54) is 6.08 Å². The SMILES string of the molecule is O=[N+]([O-])c1ccc(/C(=C\c2ccccc2Cl)S(=O)(=O)C(Cl)Cl)o1. The molecule has 1 heterocycles. The summed E-state index contributed by atoms with van der Waals surface area (Å²) in [5, 5.41) is 11.0. The molecule has 0 saturated carbocycles. The maximum absolute atomic E-state index is 12.3. The third-order valence-electron chi connectivity index (χ3n) is 2.75. The van der Waals surface area contributed by atoms with E-state index in [9.17, 15) is 18.5 Å². The summed E-state index contributed by atoms with van der Waals surface area (Å²) in [5.41, 5.74) is 0.362. The van der Waals surface area contributed by atoms with Gasteiger partial charge in [-0.2, -0.15) is 0 Å². The van der Waals surface area contributed by atoms with Gasteiger partial charge in [-0.25, -0.2) is 8.42 Å². The normalized spacial score (nSPS) is 12.6. The van der Waals surface area contributed by atoms with Crippen molar-refractivity contribution in [3.05, 3.63) is 62.9 Å². The maximum atomic E-state index is 12.3. The van der Waals surface area contributed by atoms with Gasteiger partial charge in [-0.05, 0) is 23.8 Å². The minimum atomic E-state index is -4.20. The molecular weight excluding hydrogens is 389 g/mol. The van der Waals surface area contributed by atoms with Crippen LogP contribution in [0.5, 0.6) is 0 Å². The fraction of sp³-hybridized carbons (Fsp3) is 0.0769. The zero-order valence-corrected chi connectivity index (χ0v) is 14.2. The third-order valence-corrected chi connectivity index (χ3v) is 5.90. The van der Waals surface area contributed by atoms with E-state index in [0.29, 0.717) is 5.56 Å². The summed E-state index contributed by atoms with van der Waals surface area (Å²) >= 11 is 17.0. The van der Waals surface area contributed by atoms with Crippen LogP contribution in [0.2, 0.25) is 5.02 Å². The van der Waals surface area contributed by atoms with Crippen molar-refractivity contribution in [2.24, 2.45) is 0 Å². The molecule has 10 heteroatoms. The second kappa shape index (κ2) is 6.92. The van der Waals surface area contributed by atoms with Crippen LogP contribution in [0, 0.1) is 10.1 Å². The van der Waals surface area contributed by atoms with Gasteiger partial charge in [-0.15, -0.1) is 0 Å². The maximum Gasteiger partial charge on any atom is 0.433 e. The van der Waals surface area contributed by atoms with Crippen molar-refractivity contribution in [2.45, 2.75) is 4.17 Å². The van der Waals surface area contributed by atoms with Gasteiger partial charge in [-0.3, -0.25) is 10.1 Å². The Morgan fingerprint density at radius 1 is 1.22 bits per heavy atom. The number of nitro groups is 1. The summed E-state index contributed by atoms with van der Waals surface area (Å²) < 4.78 is 27.8. The Labute approximate surface area is 146 Å². The second-order valence-corrected chi connectivity index (χ2v) is 8.25. The number of nitrogens with zero attached hydrogens (tertiary/aromatic N) is 1. The quantitative estimate of drug-likeness (QED) is 0.421. The van der Waals surface area contributed by atoms with E-state index in [0.717, 1.165) is 12.1 Å². The predicted molar refractivity (Wildman–Crippen MR) is 89.1 cm³/mol. The number of halogens is 3. The lowest BCUT2D eigenvalue weighted by Crippen LogP contribution is -2.10. The lowest BCUT2D eigenvalue weighted by molar-refractivity contribution is -0.402. The number of hydrogen-bond donors (Lipinski definition) is 0. The zero-order chi connectivity index (χ0) is 17.2. The van der Waals surface area contributed by atoms with Crippen LogP contribution in [-0.4, -0.2) is 17.5 Å². The lowest BCUT2D eigenvalue weighted by Gasteiger charge is -2.08. The highest BCUT2D eigenvalue weighted by atomic mass is 35.5. The summed E-state index contributed by atoms with van der Waals surface area (Å²) in [6.07, 6.45) is 1.19. The van der Waals surface area contributed by atoms with Crippen LogP contribution in [0.1, 0.15) is 11.3 Å². The third kappa shape index (κ3) is 3.87. The van der Waals surface area contributed by atoms with Gasteiger partial charge in [0.1, 0.15) is 9.83 Å². The first-order valence-electron chi connectivity index (χ1n) is 5.96. The van der Waals surface area contributed by atoms with E-state index in [-0.39, 0.29) is 10.8 Å². The monoisotopic (exact) mass is 395 g/mol. The Morgan fingerprint density at radius 3 is 2.39 bits per heavy atom. The Kier molecular flexibility index (Phi) is 5.36. The number of furan rings is 1. The van der Waals surface area contributed by atoms with Crippen molar-refractivity contribution in [1.82, 2.24) is 0 Å². The molecule has 122 valence electrons. The van der Waals surface area contributed by atoms with E-state index in [1.54, 1.807) is 24.3 Å². The highest BCUT2D eigenvalue weighted by Gasteiger charge is 2.30. The molecule has 0 aliphatic rings. The minimum Gasteiger partial charge on any atom is -0.400 e. The second-order valence-electron chi connectivity index (χ2n) is 4.23. The van der Waals surface area contributed by atoms with Gasteiger partial charge in [0, 0.05) is 5.02 Å². The molecule has 2 aromatic rings. The number of alkyl halides is 2. The molecular formula is C13H8Cl3NO5S. The fourth-order valence-electron chi connectivity index (χ4n) is 1.68. The molecule has 0 radical (unpaired) electrons. The van der Waals surface area contributed by atoms with Crippen LogP contribution in [0.3, 0.4) is 0 Å².